The van der Waals surface area contributed by atoms with Crippen molar-refractivity contribution in [3.8, 4) is 0 Å². The average molecular weight is 154 g/mol. The van der Waals surface area contributed by atoms with Gasteiger partial charge >= 0.3 is 0 Å². The molecule has 0 bridgehead atoms. The molecule has 0 aromatic carbocycles. The zero-order chi connectivity index (χ0) is 8.54. The van der Waals surface area contributed by atoms with Crippen molar-refractivity contribution in [2.75, 3.05) is 0 Å². The molecule has 0 radical (unpaired) electrons. The number of hydrogen-bond donors (Lipinski definition) is 0. The van der Waals surface area contributed by atoms with Gasteiger partial charge in [-0.05, 0) is 40.0 Å². The highest BCUT2D eigenvalue weighted by Crippen LogP contribution is 2.35. The molecule has 1 saturated heterocycles. The van der Waals surface area contributed by atoms with Gasteiger partial charge in [-0.3, -0.25) is 0 Å². The molecule has 11 heavy (non-hydrogen) atoms. The van der Waals surface area contributed by atoms with Crippen LogP contribution in [0.3, 0.4) is 0 Å². The minimum Gasteiger partial charge on any atom is -0.365 e. The van der Waals surface area contributed by atoms with E-state index in [1.807, 2.05) is 6.08 Å². The molecule has 1 rings (SSSR count). The molecule has 0 aliphatic carbocycles. The minimum absolute atomic E-state index is 0.0428. The molecule has 1 aliphatic rings. The maximum Gasteiger partial charge on any atom is 0.0839 e. The van der Waals surface area contributed by atoms with Crippen LogP contribution in [0.2, 0.25) is 0 Å². The molecule has 0 amide bonds. The van der Waals surface area contributed by atoms with E-state index >= 15 is 0 Å². The molecule has 0 aromatic rings. The number of hydrogen-bond acceptors (Lipinski definition) is 1. The van der Waals surface area contributed by atoms with Crippen LogP contribution in [-0.4, -0.2) is 11.2 Å². The van der Waals surface area contributed by atoms with Crippen LogP contribution in [0.4, 0.5) is 0 Å². The maximum atomic E-state index is 5.89. The summed E-state index contributed by atoms with van der Waals surface area (Å²) in [5.41, 5.74) is -0.0388. The minimum atomic E-state index is -0.0816. The summed E-state index contributed by atoms with van der Waals surface area (Å²) >= 11 is 0. The molecule has 1 unspecified atom stereocenters. The molecule has 1 atom stereocenters. The van der Waals surface area contributed by atoms with Crippen LogP contribution >= 0.6 is 0 Å². The molecule has 1 aliphatic heterocycles. The summed E-state index contributed by atoms with van der Waals surface area (Å²) in [6.07, 6.45) is 5.44. The second-order valence-corrected chi connectivity index (χ2v) is 4.23. The first-order chi connectivity index (χ1) is 4.97. The fourth-order valence-corrected chi connectivity index (χ4v) is 1.74. The van der Waals surface area contributed by atoms with Crippen molar-refractivity contribution in [2.24, 2.45) is 0 Å². The van der Waals surface area contributed by atoms with Gasteiger partial charge in [-0.1, -0.05) is 6.08 Å². The highest BCUT2D eigenvalue weighted by atomic mass is 16.5. The quantitative estimate of drug-likeness (QED) is 0.528. The van der Waals surface area contributed by atoms with Gasteiger partial charge in [-0.15, -0.1) is 6.58 Å². The Bertz CT molecular complexity index is 160. The Morgan fingerprint density at radius 1 is 1.27 bits per heavy atom. The molecule has 0 aromatic heterocycles. The van der Waals surface area contributed by atoms with Crippen molar-refractivity contribution in [3.63, 3.8) is 0 Å². The van der Waals surface area contributed by atoms with Gasteiger partial charge in [0.1, 0.15) is 0 Å². The molecule has 64 valence electrons. The van der Waals surface area contributed by atoms with E-state index in [4.69, 9.17) is 4.74 Å². The average Bonchev–Trinajstić information content (AvgIpc) is 1.85. The number of ether oxygens (including phenoxy) is 1. The predicted molar refractivity (Wildman–Crippen MR) is 47.6 cm³/mol. The lowest BCUT2D eigenvalue weighted by Crippen LogP contribution is -2.41. The molecule has 1 fully saturated rings. The predicted octanol–water partition coefficient (Wildman–Crippen LogP) is 2.91. The van der Waals surface area contributed by atoms with Gasteiger partial charge in [0.15, 0.2) is 0 Å². The highest BCUT2D eigenvalue weighted by Gasteiger charge is 2.34. The smallest absolute Gasteiger partial charge is 0.0839 e. The summed E-state index contributed by atoms with van der Waals surface area (Å²) < 4.78 is 5.89. The lowest BCUT2D eigenvalue weighted by atomic mass is 9.88. The third kappa shape index (κ3) is 2.06. The van der Waals surface area contributed by atoms with E-state index < -0.39 is 0 Å². The Hall–Kier alpha value is -0.300. The second-order valence-electron chi connectivity index (χ2n) is 4.23. The summed E-state index contributed by atoms with van der Waals surface area (Å²) in [6.45, 7) is 10.2. The third-order valence-electron chi connectivity index (χ3n) is 2.39. The first-order valence-electron chi connectivity index (χ1n) is 4.31. The monoisotopic (exact) mass is 154 g/mol. The second kappa shape index (κ2) is 2.63. The highest BCUT2D eigenvalue weighted by molar-refractivity contribution is 4.98. The Kier molecular flexibility index (Phi) is 2.10. The molecule has 0 spiro atoms. The number of rotatable bonds is 1. The van der Waals surface area contributed by atoms with Gasteiger partial charge in [0.2, 0.25) is 0 Å². The zero-order valence-electron chi connectivity index (χ0n) is 7.81. The van der Waals surface area contributed by atoms with E-state index in [0.717, 1.165) is 12.8 Å². The summed E-state index contributed by atoms with van der Waals surface area (Å²) in [6, 6.07) is 0. The summed E-state index contributed by atoms with van der Waals surface area (Å²) in [5.74, 6) is 0. The molecule has 0 N–H and O–H groups in total. The largest absolute Gasteiger partial charge is 0.365 e. The zero-order valence-corrected chi connectivity index (χ0v) is 7.81. The van der Waals surface area contributed by atoms with Crippen molar-refractivity contribution >= 4 is 0 Å². The Morgan fingerprint density at radius 2 is 1.91 bits per heavy atom. The van der Waals surface area contributed by atoms with Crippen molar-refractivity contribution in [1.82, 2.24) is 0 Å². The van der Waals surface area contributed by atoms with E-state index in [9.17, 15) is 0 Å². The van der Waals surface area contributed by atoms with Gasteiger partial charge in [-0.25, -0.2) is 0 Å². The van der Waals surface area contributed by atoms with Crippen LogP contribution in [0.1, 0.15) is 40.0 Å². The van der Waals surface area contributed by atoms with Gasteiger partial charge in [0, 0.05) is 0 Å². The van der Waals surface area contributed by atoms with Crippen molar-refractivity contribution in [2.45, 2.75) is 51.2 Å². The Balaban J connectivity index is 2.66. The molecule has 1 nitrogen and oxygen atoms in total. The topological polar surface area (TPSA) is 9.23 Å². The maximum absolute atomic E-state index is 5.89. The summed E-state index contributed by atoms with van der Waals surface area (Å²) in [5, 5.41) is 0. The van der Waals surface area contributed by atoms with Gasteiger partial charge < -0.3 is 4.74 Å². The van der Waals surface area contributed by atoms with E-state index in [2.05, 4.69) is 27.4 Å². The van der Waals surface area contributed by atoms with Crippen LogP contribution in [0.15, 0.2) is 12.7 Å². The lowest BCUT2D eigenvalue weighted by Gasteiger charge is -2.41. The van der Waals surface area contributed by atoms with Gasteiger partial charge in [0.05, 0.1) is 11.2 Å². The molecule has 0 saturated carbocycles. The Labute approximate surface area is 69.4 Å². The molecule has 1 heteroatoms. The van der Waals surface area contributed by atoms with Crippen LogP contribution in [0.25, 0.3) is 0 Å². The van der Waals surface area contributed by atoms with E-state index in [1.165, 1.54) is 6.42 Å². The van der Waals surface area contributed by atoms with Crippen LogP contribution in [0, 0.1) is 0 Å². The summed E-state index contributed by atoms with van der Waals surface area (Å²) in [4.78, 5) is 0. The van der Waals surface area contributed by atoms with Crippen LogP contribution < -0.4 is 0 Å². The van der Waals surface area contributed by atoms with E-state index in [1.54, 1.807) is 0 Å². The fraction of sp³-hybridized carbons (Fsp3) is 0.800. The SMILES string of the molecule is C=CC1(C)CCCC(C)(C)O1. The Morgan fingerprint density at radius 3 is 2.27 bits per heavy atom. The summed E-state index contributed by atoms with van der Waals surface area (Å²) in [7, 11) is 0. The molecule has 1 heterocycles. The third-order valence-corrected chi connectivity index (χ3v) is 2.39. The lowest BCUT2D eigenvalue weighted by molar-refractivity contribution is -0.139. The first-order valence-corrected chi connectivity index (χ1v) is 4.31. The van der Waals surface area contributed by atoms with Gasteiger partial charge in [0.25, 0.3) is 0 Å². The van der Waals surface area contributed by atoms with Crippen molar-refractivity contribution in [1.29, 1.82) is 0 Å². The molecular weight excluding hydrogens is 136 g/mol. The van der Waals surface area contributed by atoms with E-state index in [0.29, 0.717) is 0 Å². The van der Waals surface area contributed by atoms with Crippen LogP contribution in [0.5, 0.6) is 0 Å². The van der Waals surface area contributed by atoms with Gasteiger partial charge in [-0.2, -0.15) is 0 Å². The van der Waals surface area contributed by atoms with Crippen molar-refractivity contribution < 1.29 is 4.74 Å². The standard InChI is InChI=1S/C10H18O/c1-5-10(4)8-6-7-9(2,3)11-10/h5H,1,6-8H2,2-4H3. The van der Waals surface area contributed by atoms with Crippen LogP contribution in [-0.2, 0) is 4.74 Å². The normalized spacial score (nSPS) is 36.6. The van der Waals surface area contributed by atoms with Crippen molar-refractivity contribution in [3.05, 3.63) is 12.7 Å². The first kappa shape index (κ1) is 8.79. The van der Waals surface area contributed by atoms with E-state index in [-0.39, 0.29) is 11.2 Å². The fourth-order valence-electron chi connectivity index (χ4n) is 1.74. The molecular formula is C10H18O.